The molecule has 30 heavy (non-hydrogen) atoms. The van der Waals surface area contributed by atoms with Gasteiger partial charge in [-0.15, -0.1) is 0 Å². The van der Waals surface area contributed by atoms with Crippen molar-refractivity contribution in [1.29, 1.82) is 0 Å². The number of hydrogen-bond donors (Lipinski definition) is 2. The van der Waals surface area contributed by atoms with E-state index in [1.54, 1.807) is 6.07 Å². The van der Waals surface area contributed by atoms with Crippen molar-refractivity contribution in [1.82, 2.24) is 5.32 Å². The number of methoxy groups -OCH3 is 1. The van der Waals surface area contributed by atoms with E-state index in [-0.39, 0.29) is 28.6 Å². The summed E-state index contributed by atoms with van der Waals surface area (Å²) in [6.07, 6.45) is 2.45. The molecule has 3 aliphatic carbocycles. The first-order valence-electron chi connectivity index (χ1n) is 10.6. The molecule has 0 radical (unpaired) electrons. The first-order chi connectivity index (χ1) is 14.1. The zero-order chi connectivity index (χ0) is 21.8. The van der Waals surface area contributed by atoms with E-state index < -0.39 is 19.0 Å². The van der Waals surface area contributed by atoms with Gasteiger partial charge < -0.3 is 24.5 Å². The summed E-state index contributed by atoms with van der Waals surface area (Å²) >= 11 is 0. The SMILES string of the molecule is COc1c(CC(NC(C)=O)B2OC3CC4C[C@H](C4(C)C)C3(C)O2)cccc1C(=O)O. The molecule has 5 rings (SSSR count). The number of benzene rings is 1. The van der Waals surface area contributed by atoms with Crippen LogP contribution in [0, 0.1) is 17.3 Å². The second-order valence-corrected chi connectivity index (χ2v) is 9.65. The smallest absolute Gasteiger partial charge is 0.482 e. The molecule has 0 spiro atoms. The number of nitrogens with one attached hydrogen (secondary N) is 1. The normalized spacial score (nSPS) is 32.0. The second-order valence-electron chi connectivity index (χ2n) is 9.65. The number of carbonyl (C=O) groups is 2. The summed E-state index contributed by atoms with van der Waals surface area (Å²) in [6, 6.07) is 5.00. The van der Waals surface area contributed by atoms with Crippen molar-refractivity contribution < 1.29 is 28.7 Å². The molecule has 1 aliphatic heterocycles. The van der Waals surface area contributed by atoms with E-state index in [0.29, 0.717) is 29.6 Å². The van der Waals surface area contributed by atoms with Crippen LogP contribution in [0.25, 0.3) is 0 Å². The summed E-state index contributed by atoms with van der Waals surface area (Å²) in [5.74, 6) is -0.353. The molecule has 4 fully saturated rings. The number of para-hydroxylation sites is 1. The fourth-order valence-electron chi connectivity index (χ4n) is 5.94. The fraction of sp³-hybridized carbons (Fsp3) is 0.636. The molecule has 0 aromatic heterocycles. The number of hydrogen-bond acceptors (Lipinski definition) is 5. The van der Waals surface area contributed by atoms with Gasteiger partial charge in [-0.1, -0.05) is 26.0 Å². The monoisotopic (exact) mass is 415 g/mol. The molecule has 1 aromatic carbocycles. The van der Waals surface area contributed by atoms with Crippen LogP contribution in [-0.2, 0) is 20.5 Å². The Labute approximate surface area is 177 Å². The summed E-state index contributed by atoms with van der Waals surface area (Å²) in [5.41, 5.74) is 0.625. The quantitative estimate of drug-likeness (QED) is 0.694. The Kier molecular flexibility index (Phi) is 5.14. The van der Waals surface area contributed by atoms with Crippen LogP contribution in [-0.4, -0.2) is 48.9 Å². The standard InChI is InChI=1S/C22H30BNO6/c1-12(25)24-18(9-13-7-6-8-15(20(26)27)19(13)28-5)23-29-17-11-14-10-16(21(14,2)3)22(17,4)30-23/h6-8,14,16-18H,9-11H2,1-5H3,(H,24,25)(H,26,27)/t14?,16-,17?,18?,22?/m1/s1. The third-order valence-electron chi connectivity index (χ3n) is 7.66. The Hall–Kier alpha value is -2.06. The van der Waals surface area contributed by atoms with Crippen molar-refractivity contribution in [3.05, 3.63) is 29.3 Å². The Morgan fingerprint density at radius 3 is 2.67 bits per heavy atom. The molecule has 1 aromatic rings. The molecule has 2 N–H and O–H groups in total. The van der Waals surface area contributed by atoms with Crippen LogP contribution in [0.3, 0.4) is 0 Å². The highest BCUT2D eigenvalue weighted by Gasteiger charge is 2.68. The van der Waals surface area contributed by atoms with Crippen molar-refractivity contribution >= 4 is 19.0 Å². The van der Waals surface area contributed by atoms with E-state index in [0.717, 1.165) is 12.8 Å². The Morgan fingerprint density at radius 2 is 2.07 bits per heavy atom. The molecule has 3 saturated carbocycles. The molecular weight excluding hydrogens is 385 g/mol. The predicted molar refractivity (Wildman–Crippen MR) is 111 cm³/mol. The number of amides is 1. The highest BCUT2D eigenvalue weighted by atomic mass is 16.7. The van der Waals surface area contributed by atoms with Crippen LogP contribution in [0.2, 0.25) is 0 Å². The minimum Gasteiger partial charge on any atom is -0.496 e. The number of ether oxygens (including phenoxy) is 1. The maximum Gasteiger partial charge on any atom is 0.482 e. The van der Waals surface area contributed by atoms with Gasteiger partial charge in [0, 0.05) is 6.92 Å². The van der Waals surface area contributed by atoms with Gasteiger partial charge in [0.15, 0.2) is 0 Å². The number of carboxylic acid groups (broad SMARTS) is 1. The zero-order valence-corrected chi connectivity index (χ0v) is 18.2. The lowest BCUT2D eigenvalue weighted by Gasteiger charge is -2.64. The molecular formula is C22H30BNO6. The van der Waals surface area contributed by atoms with Gasteiger partial charge in [0.25, 0.3) is 0 Å². The van der Waals surface area contributed by atoms with Gasteiger partial charge >= 0.3 is 13.1 Å². The Bertz CT molecular complexity index is 873. The summed E-state index contributed by atoms with van der Waals surface area (Å²) in [5, 5.41) is 12.4. The van der Waals surface area contributed by atoms with E-state index in [1.807, 2.05) is 6.07 Å². The third kappa shape index (κ3) is 3.21. The Morgan fingerprint density at radius 1 is 1.33 bits per heavy atom. The van der Waals surface area contributed by atoms with Crippen LogP contribution in [0.4, 0.5) is 0 Å². The average Bonchev–Trinajstić information content (AvgIpc) is 3.03. The minimum absolute atomic E-state index is 0.00258. The molecule has 4 unspecified atom stereocenters. The van der Waals surface area contributed by atoms with Gasteiger partial charge in [0.1, 0.15) is 11.3 Å². The van der Waals surface area contributed by atoms with Gasteiger partial charge in [-0.2, -0.15) is 0 Å². The lowest BCUT2D eigenvalue weighted by molar-refractivity contribution is -0.199. The predicted octanol–water partition coefficient (Wildman–Crippen LogP) is 2.71. The highest BCUT2D eigenvalue weighted by Crippen LogP contribution is 2.65. The van der Waals surface area contributed by atoms with Crippen LogP contribution < -0.4 is 10.1 Å². The first-order valence-corrected chi connectivity index (χ1v) is 10.6. The highest BCUT2D eigenvalue weighted by molar-refractivity contribution is 6.48. The van der Waals surface area contributed by atoms with Crippen molar-refractivity contribution in [3.63, 3.8) is 0 Å². The number of rotatable bonds is 6. The van der Waals surface area contributed by atoms with Crippen molar-refractivity contribution in [2.75, 3.05) is 7.11 Å². The zero-order valence-electron chi connectivity index (χ0n) is 18.2. The number of aromatic carboxylic acids is 1. The summed E-state index contributed by atoms with van der Waals surface area (Å²) in [7, 11) is 0.851. The first kappa shape index (κ1) is 21.2. The molecule has 4 aliphatic rings. The van der Waals surface area contributed by atoms with Crippen molar-refractivity contribution in [2.45, 2.75) is 64.6 Å². The van der Waals surface area contributed by atoms with Gasteiger partial charge in [0.05, 0.1) is 24.8 Å². The van der Waals surface area contributed by atoms with Crippen molar-refractivity contribution in [2.24, 2.45) is 17.3 Å². The van der Waals surface area contributed by atoms with E-state index in [2.05, 4.69) is 26.1 Å². The number of carboxylic acids is 1. The molecule has 7 nitrogen and oxygen atoms in total. The van der Waals surface area contributed by atoms with Crippen molar-refractivity contribution in [3.8, 4) is 5.75 Å². The molecule has 162 valence electrons. The van der Waals surface area contributed by atoms with Crippen LogP contribution in [0.1, 0.15) is 56.5 Å². The van der Waals surface area contributed by atoms with Gasteiger partial charge in [-0.3, -0.25) is 4.79 Å². The molecule has 1 heterocycles. The summed E-state index contributed by atoms with van der Waals surface area (Å²) < 4.78 is 18.3. The average molecular weight is 415 g/mol. The van der Waals surface area contributed by atoms with Gasteiger partial charge in [0.2, 0.25) is 5.91 Å². The van der Waals surface area contributed by atoms with Gasteiger partial charge in [-0.25, -0.2) is 4.79 Å². The lowest BCUT2D eigenvalue weighted by atomic mass is 9.43. The number of carbonyl (C=O) groups excluding carboxylic acids is 1. The molecule has 5 atom stereocenters. The van der Waals surface area contributed by atoms with E-state index in [1.165, 1.54) is 20.1 Å². The third-order valence-corrected chi connectivity index (χ3v) is 7.66. The van der Waals surface area contributed by atoms with E-state index in [4.69, 9.17) is 14.0 Å². The molecule has 1 amide bonds. The van der Waals surface area contributed by atoms with Crippen LogP contribution >= 0.6 is 0 Å². The summed E-state index contributed by atoms with van der Waals surface area (Å²) in [6.45, 7) is 8.20. The fourth-order valence-corrected chi connectivity index (χ4v) is 5.94. The Balaban J connectivity index is 1.60. The minimum atomic E-state index is -1.06. The molecule has 1 saturated heterocycles. The van der Waals surface area contributed by atoms with Gasteiger partial charge in [-0.05, 0) is 55.1 Å². The lowest BCUT2D eigenvalue weighted by Crippen LogP contribution is -2.65. The maximum absolute atomic E-state index is 12.0. The van der Waals surface area contributed by atoms with Crippen LogP contribution in [0.5, 0.6) is 5.75 Å². The van der Waals surface area contributed by atoms with Crippen LogP contribution in [0.15, 0.2) is 18.2 Å². The van der Waals surface area contributed by atoms with E-state index >= 15 is 0 Å². The topological polar surface area (TPSA) is 94.1 Å². The second kappa shape index (κ2) is 7.27. The van der Waals surface area contributed by atoms with E-state index in [9.17, 15) is 14.7 Å². The maximum atomic E-state index is 12.0. The largest absolute Gasteiger partial charge is 0.496 e. The molecule has 2 bridgehead atoms. The molecule has 8 heteroatoms. The summed E-state index contributed by atoms with van der Waals surface area (Å²) in [4.78, 5) is 23.5.